The molecule has 0 saturated carbocycles. The topological polar surface area (TPSA) is 73.8 Å². The first-order valence-electron chi connectivity index (χ1n) is 7.51. The number of piperidine rings is 1. The quantitative estimate of drug-likeness (QED) is 0.332. The van der Waals surface area contributed by atoms with Crippen LogP contribution < -0.4 is 10.6 Å². The highest BCUT2D eigenvalue weighted by molar-refractivity contribution is 14.0. The van der Waals surface area contributed by atoms with E-state index in [-0.39, 0.29) is 47.9 Å². The lowest BCUT2D eigenvalue weighted by atomic mass is 10.1. The number of hydrogen-bond acceptors (Lipinski definition) is 4. The molecule has 1 rings (SSSR count). The van der Waals surface area contributed by atoms with E-state index in [9.17, 15) is 21.6 Å². The molecule has 1 aliphatic rings. The van der Waals surface area contributed by atoms with Gasteiger partial charge in [-0.2, -0.15) is 29.2 Å². The number of hydrogen-bond donors (Lipinski definition) is 2. The molecule has 0 aliphatic carbocycles. The van der Waals surface area contributed by atoms with Crippen molar-refractivity contribution in [1.82, 2.24) is 14.9 Å². The molecular weight excluding hydrogens is 492 g/mol. The first kappa shape index (κ1) is 25.1. The number of nitrogens with zero attached hydrogens (tertiary/aromatic N) is 2. The van der Waals surface area contributed by atoms with Crippen molar-refractivity contribution in [2.45, 2.75) is 43.0 Å². The van der Waals surface area contributed by atoms with Gasteiger partial charge in [0.15, 0.2) is 5.96 Å². The maximum absolute atomic E-state index is 12.5. The molecule has 12 heteroatoms. The predicted molar refractivity (Wildman–Crippen MR) is 107 cm³/mol. The summed E-state index contributed by atoms with van der Waals surface area (Å²) in [5, 5.41) is 6.32. The van der Waals surface area contributed by atoms with Crippen LogP contribution in [0.2, 0.25) is 0 Å². The minimum atomic E-state index is -5.24. The molecule has 0 radical (unpaired) electrons. The highest BCUT2D eigenvalue weighted by Gasteiger charge is 2.50. The Bertz CT molecular complexity index is 548. The Morgan fingerprint density at radius 3 is 2.20 bits per heavy atom. The van der Waals surface area contributed by atoms with Gasteiger partial charge in [0, 0.05) is 37.5 Å². The van der Waals surface area contributed by atoms with E-state index < -0.39 is 15.5 Å². The number of sulfonamides is 1. The monoisotopic (exact) mass is 518 g/mol. The third-order valence-corrected chi connectivity index (χ3v) is 6.76. The summed E-state index contributed by atoms with van der Waals surface area (Å²) >= 11 is 1.71. The van der Waals surface area contributed by atoms with Crippen molar-refractivity contribution in [3.05, 3.63) is 0 Å². The molecule has 0 spiro atoms. The third-order valence-electron chi connectivity index (χ3n) is 3.88. The van der Waals surface area contributed by atoms with Crippen LogP contribution in [0.3, 0.4) is 0 Å². The van der Waals surface area contributed by atoms with Gasteiger partial charge in [0.05, 0.1) is 0 Å². The summed E-state index contributed by atoms with van der Waals surface area (Å²) in [7, 11) is -3.62. The van der Waals surface area contributed by atoms with Crippen LogP contribution in [-0.2, 0) is 10.0 Å². The van der Waals surface area contributed by atoms with Crippen molar-refractivity contribution in [1.29, 1.82) is 0 Å². The minimum absolute atomic E-state index is 0. The van der Waals surface area contributed by atoms with Crippen molar-refractivity contribution >= 4 is 51.7 Å². The SMILES string of the molecule is CN=C(NCC(C)(C)SC)NC1CCN(S(=O)(=O)C(F)(F)F)CC1.I. The average molecular weight is 518 g/mol. The zero-order valence-corrected chi connectivity index (χ0v) is 18.6. The fourth-order valence-corrected chi connectivity index (χ4v) is 3.34. The summed E-state index contributed by atoms with van der Waals surface area (Å²) < 4.78 is 60.9. The zero-order chi connectivity index (χ0) is 18.6. The Morgan fingerprint density at radius 1 is 1.28 bits per heavy atom. The molecule has 150 valence electrons. The Morgan fingerprint density at radius 2 is 1.80 bits per heavy atom. The predicted octanol–water partition coefficient (Wildman–Crippen LogP) is 2.23. The molecule has 1 saturated heterocycles. The van der Waals surface area contributed by atoms with Crippen LogP contribution in [-0.4, -0.2) is 67.9 Å². The first-order chi connectivity index (χ1) is 10.9. The number of nitrogens with one attached hydrogen (secondary N) is 2. The van der Waals surface area contributed by atoms with Gasteiger partial charge in [-0.05, 0) is 32.9 Å². The van der Waals surface area contributed by atoms with Crippen LogP contribution in [0, 0.1) is 0 Å². The van der Waals surface area contributed by atoms with E-state index >= 15 is 0 Å². The van der Waals surface area contributed by atoms with E-state index in [0.717, 1.165) is 0 Å². The maximum atomic E-state index is 12.5. The number of aliphatic imine (C=N–C) groups is 1. The second-order valence-corrected chi connectivity index (χ2v) is 9.60. The van der Waals surface area contributed by atoms with Crippen molar-refractivity contribution in [3.8, 4) is 0 Å². The van der Waals surface area contributed by atoms with Crippen LogP contribution in [0.25, 0.3) is 0 Å². The molecular formula is C13H26F3IN4O2S2. The number of alkyl halides is 3. The fourth-order valence-electron chi connectivity index (χ4n) is 2.14. The summed E-state index contributed by atoms with van der Waals surface area (Å²) in [6.45, 7) is 4.52. The molecule has 1 heterocycles. The molecule has 1 fully saturated rings. The number of thioether (sulfide) groups is 1. The van der Waals surface area contributed by atoms with Crippen LogP contribution in [0.15, 0.2) is 4.99 Å². The summed E-state index contributed by atoms with van der Waals surface area (Å²) in [5.74, 6) is 0.564. The number of guanidine groups is 1. The molecule has 2 N–H and O–H groups in total. The third kappa shape index (κ3) is 7.29. The molecule has 0 bridgehead atoms. The molecule has 0 aromatic heterocycles. The molecule has 0 aromatic rings. The van der Waals surface area contributed by atoms with Gasteiger partial charge in [0.2, 0.25) is 0 Å². The van der Waals surface area contributed by atoms with Gasteiger partial charge in [0.1, 0.15) is 0 Å². The standard InChI is InChI=1S/C13H25F3N4O2S2.HI/c1-12(2,23-4)9-18-11(17-3)19-10-5-7-20(8-6-10)24(21,22)13(14,15)16;/h10H,5-9H2,1-4H3,(H2,17,18,19);1H. The smallest absolute Gasteiger partial charge is 0.355 e. The Kier molecular flexibility index (Phi) is 9.85. The summed E-state index contributed by atoms with van der Waals surface area (Å²) in [4.78, 5) is 4.10. The average Bonchev–Trinajstić information content (AvgIpc) is 2.50. The molecule has 0 unspecified atom stereocenters. The fraction of sp³-hybridized carbons (Fsp3) is 0.923. The van der Waals surface area contributed by atoms with Crippen LogP contribution >= 0.6 is 35.7 Å². The normalized spacial score (nSPS) is 18.6. The maximum Gasteiger partial charge on any atom is 0.511 e. The second kappa shape index (κ2) is 9.83. The number of halogens is 4. The Hall–Kier alpha value is 0.0500. The van der Waals surface area contributed by atoms with Crippen molar-refractivity contribution in [2.24, 2.45) is 4.99 Å². The van der Waals surface area contributed by atoms with E-state index in [1.807, 2.05) is 6.26 Å². The largest absolute Gasteiger partial charge is 0.511 e. The lowest BCUT2D eigenvalue weighted by Crippen LogP contribution is -2.52. The molecule has 25 heavy (non-hydrogen) atoms. The molecule has 0 atom stereocenters. The first-order valence-corrected chi connectivity index (χ1v) is 10.2. The lowest BCUT2D eigenvalue weighted by Gasteiger charge is -2.33. The molecule has 0 amide bonds. The van der Waals surface area contributed by atoms with Gasteiger partial charge in [-0.25, -0.2) is 8.42 Å². The van der Waals surface area contributed by atoms with E-state index in [1.165, 1.54) is 0 Å². The Labute approximate surface area is 168 Å². The van der Waals surface area contributed by atoms with Gasteiger partial charge in [0.25, 0.3) is 0 Å². The number of rotatable bonds is 5. The van der Waals surface area contributed by atoms with E-state index in [2.05, 4.69) is 29.5 Å². The van der Waals surface area contributed by atoms with E-state index in [4.69, 9.17) is 0 Å². The van der Waals surface area contributed by atoms with Gasteiger partial charge in [-0.1, -0.05) is 0 Å². The summed E-state index contributed by atoms with van der Waals surface area (Å²) in [5.41, 5.74) is -5.24. The lowest BCUT2D eigenvalue weighted by molar-refractivity contribution is -0.0494. The van der Waals surface area contributed by atoms with Gasteiger partial charge < -0.3 is 10.6 Å². The highest BCUT2D eigenvalue weighted by Crippen LogP contribution is 2.29. The summed E-state index contributed by atoms with van der Waals surface area (Å²) in [6, 6.07) is -0.117. The molecule has 0 aromatic carbocycles. The summed E-state index contributed by atoms with van der Waals surface area (Å²) in [6.07, 6.45) is 2.60. The van der Waals surface area contributed by atoms with Crippen molar-refractivity contribution in [3.63, 3.8) is 0 Å². The van der Waals surface area contributed by atoms with E-state index in [1.54, 1.807) is 18.8 Å². The van der Waals surface area contributed by atoms with Crippen molar-refractivity contribution in [2.75, 3.05) is 32.9 Å². The van der Waals surface area contributed by atoms with Gasteiger partial charge in [-0.3, -0.25) is 4.99 Å². The van der Waals surface area contributed by atoms with Crippen molar-refractivity contribution < 1.29 is 21.6 Å². The molecule has 6 nitrogen and oxygen atoms in total. The van der Waals surface area contributed by atoms with Gasteiger partial charge in [-0.15, -0.1) is 24.0 Å². The zero-order valence-electron chi connectivity index (χ0n) is 14.7. The molecule has 1 aliphatic heterocycles. The van der Waals surface area contributed by atoms with Crippen LogP contribution in [0.4, 0.5) is 13.2 Å². The van der Waals surface area contributed by atoms with E-state index in [0.29, 0.717) is 29.7 Å². The van der Waals surface area contributed by atoms with Gasteiger partial charge >= 0.3 is 15.5 Å². The minimum Gasteiger partial charge on any atom is -0.355 e. The Balaban J connectivity index is 0.00000576. The van der Waals surface area contributed by atoms with Crippen LogP contribution in [0.5, 0.6) is 0 Å². The van der Waals surface area contributed by atoms with Crippen LogP contribution in [0.1, 0.15) is 26.7 Å². The highest BCUT2D eigenvalue weighted by atomic mass is 127. The second-order valence-electron chi connectivity index (χ2n) is 6.16.